The van der Waals surface area contributed by atoms with E-state index in [9.17, 15) is 0 Å². The van der Waals surface area contributed by atoms with Crippen molar-refractivity contribution in [3.8, 4) is 39.1 Å². The van der Waals surface area contributed by atoms with Gasteiger partial charge in [-0.2, -0.15) is 0 Å². The maximum absolute atomic E-state index is 2.53. The molecule has 0 spiro atoms. The molecule has 60 heavy (non-hydrogen) atoms. The Balaban J connectivity index is 0.997. The fourth-order valence-electron chi connectivity index (χ4n) is 11.1. The van der Waals surface area contributed by atoms with Crippen LogP contribution in [-0.4, -0.2) is 4.57 Å². The molecule has 7 aromatic carbocycles. The molecule has 0 unspecified atom stereocenters. The lowest BCUT2D eigenvalue weighted by molar-refractivity contribution is 0.659. The zero-order valence-corrected chi connectivity index (χ0v) is 35.4. The molecule has 292 valence electrons. The van der Waals surface area contributed by atoms with Crippen LogP contribution in [0.15, 0.2) is 163 Å². The lowest BCUT2D eigenvalue weighted by Gasteiger charge is -2.23. The molecule has 0 saturated carbocycles. The van der Waals surface area contributed by atoms with Crippen LogP contribution in [0.4, 0.5) is 0 Å². The van der Waals surface area contributed by atoms with E-state index in [4.69, 9.17) is 0 Å². The summed E-state index contributed by atoms with van der Waals surface area (Å²) in [5, 5.41) is 6.52. The Hall–Kier alpha value is -6.44. The van der Waals surface area contributed by atoms with Gasteiger partial charge in [-0.3, -0.25) is 0 Å². The summed E-state index contributed by atoms with van der Waals surface area (Å²) in [6.45, 7) is 11.8. The summed E-state index contributed by atoms with van der Waals surface area (Å²) in [5.74, 6) is 0. The minimum absolute atomic E-state index is 0.00603. The summed E-state index contributed by atoms with van der Waals surface area (Å²) >= 11 is 0. The molecule has 0 N–H and O–H groups in total. The number of allylic oxidation sites excluding steroid dienone is 4. The summed E-state index contributed by atoms with van der Waals surface area (Å²) in [6, 6.07) is 53.1. The monoisotopic (exact) mass is 773 g/mol. The standard InChI is InChI=1S/C59H51N/c1-6-54-48(32-27-38-17-8-7-9-18-38)47-22-13-15-25-55(47)60(54)56-26-16-24-51-57(56)49-34-30-41(37-53(49)59(51,4)5)43-33-29-40(42-19-10-11-20-44(42)43)35-39-28-31-46-45-21-12-14-23-50(45)58(2,3)52(46)36-39/h6,8,10-26,28-34,36-37H,7,9,27,35H2,1-5H3/b48-32-,54-6+. The zero-order chi connectivity index (χ0) is 40.8. The topological polar surface area (TPSA) is 4.93 Å². The van der Waals surface area contributed by atoms with Crippen LogP contribution in [0.3, 0.4) is 0 Å². The first kappa shape index (κ1) is 36.6. The number of benzene rings is 7. The largest absolute Gasteiger partial charge is 0.309 e. The molecule has 1 aromatic heterocycles. The van der Waals surface area contributed by atoms with Gasteiger partial charge in [0.05, 0.1) is 11.2 Å². The molecule has 1 heterocycles. The predicted molar refractivity (Wildman–Crippen MR) is 256 cm³/mol. The van der Waals surface area contributed by atoms with Crippen molar-refractivity contribution in [3.63, 3.8) is 0 Å². The third-order valence-corrected chi connectivity index (χ3v) is 14.1. The lowest BCUT2D eigenvalue weighted by atomic mass is 9.81. The highest BCUT2D eigenvalue weighted by molar-refractivity contribution is 6.00. The summed E-state index contributed by atoms with van der Waals surface area (Å²) in [4.78, 5) is 0. The Morgan fingerprint density at radius 2 is 1.28 bits per heavy atom. The van der Waals surface area contributed by atoms with E-state index in [1.165, 1.54) is 110 Å². The second kappa shape index (κ2) is 13.8. The first-order valence-electron chi connectivity index (χ1n) is 21.9. The van der Waals surface area contributed by atoms with Crippen LogP contribution in [0.1, 0.15) is 87.3 Å². The van der Waals surface area contributed by atoms with E-state index in [-0.39, 0.29) is 10.8 Å². The van der Waals surface area contributed by atoms with E-state index >= 15 is 0 Å². The van der Waals surface area contributed by atoms with Crippen LogP contribution in [-0.2, 0) is 17.3 Å². The Bertz CT molecular complexity index is 3270. The normalized spacial score (nSPS) is 16.2. The van der Waals surface area contributed by atoms with Crippen molar-refractivity contribution < 1.29 is 0 Å². The molecular weight excluding hydrogens is 723 g/mol. The zero-order valence-electron chi connectivity index (χ0n) is 35.4. The average molecular weight is 774 g/mol. The number of hydrogen-bond acceptors (Lipinski definition) is 0. The molecule has 0 radical (unpaired) electrons. The Morgan fingerprint density at radius 1 is 0.583 bits per heavy atom. The molecule has 0 amide bonds. The molecule has 3 aliphatic rings. The van der Waals surface area contributed by atoms with Crippen LogP contribution in [0.25, 0.3) is 72.9 Å². The maximum atomic E-state index is 2.53. The molecule has 1 heteroatoms. The van der Waals surface area contributed by atoms with Gasteiger partial charge in [0, 0.05) is 32.3 Å². The van der Waals surface area contributed by atoms with E-state index in [0.29, 0.717) is 0 Å². The van der Waals surface area contributed by atoms with E-state index < -0.39 is 0 Å². The quantitative estimate of drug-likeness (QED) is 0.159. The average Bonchev–Trinajstić information content (AvgIpc) is 3.82. The van der Waals surface area contributed by atoms with Gasteiger partial charge in [0.2, 0.25) is 0 Å². The first-order chi connectivity index (χ1) is 29.2. The van der Waals surface area contributed by atoms with Crippen LogP contribution in [0, 0.1) is 0 Å². The van der Waals surface area contributed by atoms with E-state index in [1.54, 1.807) is 0 Å². The number of fused-ring (bicyclic) bond motifs is 8. The van der Waals surface area contributed by atoms with Gasteiger partial charge in [0.15, 0.2) is 0 Å². The van der Waals surface area contributed by atoms with Gasteiger partial charge < -0.3 is 4.57 Å². The van der Waals surface area contributed by atoms with Gasteiger partial charge in [-0.25, -0.2) is 0 Å². The van der Waals surface area contributed by atoms with Gasteiger partial charge in [0.1, 0.15) is 0 Å². The van der Waals surface area contributed by atoms with E-state index in [2.05, 4.69) is 209 Å². The second-order valence-electron chi connectivity index (χ2n) is 18.2. The fraction of sp³-hybridized carbons (Fsp3) is 0.186. The van der Waals surface area contributed by atoms with E-state index in [1.807, 2.05) is 0 Å². The van der Waals surface area contributed by atoms with Crippen LogP contribution in [0.5, 0.6) is 0 Å². The second-order valence-corrected chi connectivity index (χ2v) is 18.2. The van der Waals surface area contributed by atoms with Crippen molar-refractivity contribution in [1.29, 1.82) is 0 Å². The Kier molecular flexibility index (Phi) is 8.43. The number of hydrogen-bond donors (Lipinski definition) is 0. The van der Waals surface area contributed by atoms with Crippen molar-refractivity contribution in [1.82, 2.24) is 4.57 Å². The van der Waals surface area contributed by atoms with Gasteiger partial charge in [-0.1, -0.05) is 179 Å². The minimum Gasteiger partial charge on any atom is -0.309 e. The highest BCUT2D eigenvalue weighted by atomic mass is 15.0. The minimum atomic E-state index is -0.165. The van der Waals surface area contributed by atoms with Crippen molar-refractivity contribution in [3.05, 3.63) is 207 Å². The number of aromatic nitrogens is 1. The summed E-state index contributed by atoms with van der Waals surface area (Å²) in [7, 11) is 0. The third kappa shape index (κ3) is 5.52. The van der Waals surface area contributed by atoms with Crippen LogP contribution in [0.2, 0.25) is 0 Å². The number of rotatable bonds is 6. The predicted octanol–water partition coefficient (Wildman–Crippen LogP) is 13.9. The third-order valence-electron chi connectivity index (χ3n) is 14.1. The summed E-state index contributed by atoms with van der Waals surface area (Å²) in [5.41, 5.74) is 20.1. The molecule has 8 aromatic rings. The highest BCUT2D eigenvalue weighted by Gasteiger charge is 2.38. The summed E-state index contributed by atoms with van der Waals surface area (Å²) < 4.78 is 2.53. The van der Waals surface area contributed by atoms with Gasteiger partial charge >= 0.3 is 0 Å². The Morgan fingerprint density at radius 3 is 2.12 bits per heavy atom. The maximum Gasteiger partial charge on any atom is 0.0543 e. The van der Waals surface area contributed by atoms with Crippen LogP contribution < -0.4 is 10.6 Å². The Labute approximate surface area is 354 Å². The molecule has 11 rings (SSSR count). The highest BCUT2D eigenvalue weighted by Crippen LogP contribution is 2.53. The molecule has 0 atom stereocenters. The van der Waals surface area contributed by atoms with Crippen LogP contribution >= 0.6 is 0 Å². The summed E-state index contributed by atoms with van der Waals surface area (Å²) in [6.07, 6.45) is 15.9. The smallest absolute Gasteiger partial charge is 0.0543 e. The van der Waals surface area contributed by atoms with E-state index in [0.717, 1.165) is 25.7 Å². The van der Waals surface area contributed by atoms with Gasteiger partial charge in [0.25, 0.3) is 0 Å². The number of para-hydroxylation sites is 1. The van der Waals surface area contributed by atoms with Gasteiger partial charge in [-0.15, -0.1) is 0 Å². The molecule has 0 fully saturated rings. The number of nitrogens with zero attached hydrogens (tertiary/aromatic N) is 1. The molecule has 0 saturated heterocycles. The fourth-order valence-corrected chi connectivity index (χ4v) is 11.1. The van der Waals surface area contributed by atoms with Crippen molar-refractivity contribution in [2.24, 2.45) is 0 Å². The molecule has 1 nitrogen and oxygen atoms in total. The first-order valence-corrected chi connectivity index (χ1v) is 21.9. The molecule has 0 bridgehead atoms. The van der Waals surface area contributed by atoms with Crippen molar-refractivity contribution in [2.75, 3.05) is 0 Å². The van der Waals surface area contributed by atoms with Gasteiger partial charge in [-0.05, 0) is 128 Å². The molecule has 3 aliphatic carbocycles. The molecule has 0 aliphatic heterocycles. The lowest BCUT2D eigenvalue weighted by Crippen LogP contribution is -2.28. The van der Waals surface area contributed by atoms with Crippen molar-refractivity contribution >= 4 is 33.8 Å². The van der Waals surface area contributed by atoms with Crippen molar-refractivity contribution in [2.45, 2.75) is 71.1 Å². The molecular formula is C59H51N. The SMILES string of the molecule is C/C=c1\c(=C/CC2=CCCC=C2)c2ccccc2n1-c1cccc2c1-c1ccc(-c3ccc(Cc4ccc5c(c4)C(C)(C)c4ccccc4-5)c4ccccc34)cc1C2(C)C.